The average Bonchev–Trinajstić information content (AvgIpc) is 3.21. The summed E-state index contributed by atoms with van der Waals surface area (Å²) in [5, 5.41) is 5.68. The molecule has 0 radical (unpaired) electrons. The van der Waals surface area contributed by atoms with Crippen molar-refractivity contribution in [2.45, 2.75) is 25.9 Å². The van der Waals surface area contributed by atoms with E-state index in [4.69, 9.17) is 16.3 Å². The molecule has 1 unspecified atom stereocenters. The Morgan fingerprint density at radius 1 is 1.14 bits per heavy atom. The number of hydrogen-bond acceptors (Lipinski definition) is 3. The molecule has 1 N–H and O–H groups in total. The first-order chi connectivity index (χ1) is 13.5. The fourth-order valence-corrected chi connectivity index (χ4v) is 3.87. The van der Waals surface area contributed by atoms with E-state index >= 15 is 0 Å². The Balaban J connectivity index is 1.77. The Labute approximate surface area is 174 Å². The summed E-state index contributed by atoms with van der Waals surface area (Å²) < 4.78 is 5.23. The summed E-state index contributed by atoms with van der Waals surface area (Å²) in [4.78, 5) is 16.2. The van der Waals surface area contributed by atoms with Crippen molar-refractivity contribution in [2.24, 2.45) is 0 Å². The highest BCUT2D eigenvalue weighted by molar-refractivity contribution is 7.09. The van der Waals surface area contributed by atoms with E-state index in [2.05, 4.69) is 23.7 Å². The molecule has 146 valence electrons. The van der Waals surface area contributed by atoms with Gasteiger partial charge in [0.25, 0.3) is 0 Å². The lowest BCUT2D eigenvalue weighted by Gasteiger charge is -2.29. The molecule has 2 aromatic carbocycles. The minimum Gasteiger partial charge on any atom is -0.497 e. The zero-order chi connectivity index (χ0) is 19.9. The molecule has 0 aliphatic rings. The molecule has 28 heavy (non-hydrogen) atoms. The van der Waals surface area contributed by atoms with Crippen LogP contribution in [0.1, 0.15) is 17.4 Å². The highest BCUT2D eigenvalue weighted by atomic mass is 35.5. The lowest BCUT2D eigenvalue weighted by Crippen LogP contribution is -2.41. The summed E-state index contributed by atoms with van der Waals surface area (Å²) in [6, 6.07) is 19.0. The third-order valence-corrected chi connectivity index (χ3v) is 5.63. The van der Waals surface area contributed by atoms with Gasteiger partial charge in [0.05, 0.1) is 7.11 Å². The van der Waals surface area contributed by atoms with Crippen LogP contribution in [-0.4, -0.2) is 24.1 Å². The zero-order valence-electron chi connectivity index (χ0n) is 15.9. The second-order valence-corrected chi connectivity index (χ2v) is 8.01. The van der Waals surface area contributed by atoms with E-state index in [0.29, 0.717) is 11.6 Å². The minimum atomic E-state index is -0.137. The van der Waals surface area contributed by atoms with Gasteiger partial charge in [0.1, 0.15) is 5.75 Å². The van der Waals surface area contributed by atoms with E-state index < -0.39 is 0 Å². The van der Waals surface area contributed by atoms with Gasteiger partial charge in [0.2, 0.25) is 0 Å². The second-order valence-electron chi connectivity index (χ2n) is 6.55. The largest absolute Gasteiger partial charge is 0.497 e. The van der Waals surface area contributed by atoms with Crippen LogP contribution in [-0.2, 0) is 13.0 Å². The molecule has 0 aliphatic heterocycles. The quantitative estimate of drug-likeness (QED) is 0.509. The Hall–Kier alpha value is -2.50. The Kier molecular flexibility index (Phi) is 6.95. The number of carbonyl (C=O) groups is 1. The Bertz CT molecular complexity index is 880. The van der Waals surface area contributed by atoms with Gasteiger partial charge in [-0.25, -0.2) is 4.79 Å². The van der Waals surface area contributed by atoms with E-state index in [1.54, 1.807) is 42.7 Å². The summed E-state index contributed by atoms with van der Waals surface area (Å²) in [7, 11) is 1.64. The van der Waals surface area contributed by atoms with E-state index in [1.165, 1.54) is 4.88 Å². The number of thiophene rings is 1. The van der Waals surface area contributed by atoms with Crippen molar-refractivity contribution in [1.29, 1.82) is 0 Å². The van der Waals surface area contributed by atoms with Crippen molar-refractivity contribution in [1.82, 2.24) is 4.90 Å². The molecular weight excluding hydrogens is 392 g/mol. The normalized spacial score (nSPS) is 11.7. The molecule has 3 aromatic rings. The van der Waals surface area contributed by atoms with Crippen molar-refractivity contribution in [3.63, 3.8) is 0 Å². The SMILES string of the molecule is COc1ccc(CN(C(=O)Nc2ccc(Cl)cc2)C(C)Cc2cccs2)cc1. The van der Waals surface area contributed by atoms with Crippen LogP contribution >= 0.6 is 22.9 Å². The molecule has 1 aromatic heterocycles. The van der Waals surface area contributed by atoms with Crippen molar-refractivity contribution < 1.29 is 9.53 Å². The monoisotopic (exact) mass is 414 g/mol. The number of methoxy groups -OCH3 is 1. The Morgan fingerprint density at radius 3 is 2.46 bits per heavy atom. The highest BCUT2D eigenvalue weighted by Gasteiger charge is 2.21. The molecule has 3 rings (SSSR count). The van der Waals surface area contributed by atoms with Crippen LogP contribution in [0.25, 0.3) is 0 Å². The van der Waals surface area contributed by atoms with Crippen molar-refractivity contribution in [3.05, 3.63) is 81.5 Å². The molecule has 4 nitrogen and oxygen atoms in total. The maximum absolute atomic E-state index is 13.1. The van der Waals surface area contributed by atoms with Gasteiger partial charge in [-0.2, -0.15) is 0 Å². The van der Waals surface area contributed by atoms with Crippen LogP contribution < -0.4 is 10.1 Å². The molecule has 1 heterocycles. The number of hydrogen-bond donors (Lipinski definition) is 1. The van der Waals surface area contributed by atoms with Crippen LogP contribution in [0, 0.1) is 0 Å². The number of anilines is 1. The van der Waals surface area contributed by atoms with Crippen LogP contribution in [0.5, 0.6) is 5.75 Å². The van der Waals surface area contributed by atoms with Crippen LogP contribution in [0.3, 0.4) is 0 Å². The molecular formula is C22H23ClN2O2S. The van der Waals surface area contributed by atoms with Crippen LogP contribution in [0.15, 0.2) is 66.0 Å². The predicted octanol–water partition coefficient (Wildman–Crippen LogP) is 6.08. The van der Waals surface area contributed by atoms with Gasteiger partial charge in [-0.1, -0.05) is 29.8 Å². The first-order valence-electron chi connectivity index (χ1n) is 9.03. The lowest BCUT2D eigenvalue weighted by molar-refractivity contribution is 0.188. The van der Waals surface area contributed by atoms with Gasteiger partial charge >= 0.3 is 6.03 Å². The summed E-state index contributed by atoms with van der Waals surface area (Å²) in [6.07, 6.45) is 0.807. The molecule has 0 saturated heterocycles. The molecule has 0 saturated carbocycles. The topological polar surface area (TPSA) is 41.6 Å². The zero-order valence-corrected chi connectivity index (χ0v) is 17.5. The van der Waals surface area contributed by atoms with E-state index in [9.17, 15) is 4.79 Å². The number of nitrogens with one attached hydrogen (secondary N) is 1. The molecule has 0 aliphatic carbocycles. The molecule has 2 amide bonds. The van der Waals surface area contributed by atoms with Crippen LogP contribution in [0.4, 0.5) is 10.5 Å². The summed E-state index contributed by atoms with van der Waals surface area (Å²) in [5.74, 6) is 0.799. The molecule has 0 spiro atoms. The number of halogens is 1. The fourth-order valence-electron chi connectivity index (χ4n) is 2.91. The smallest absolute Gasteiger partial charge is 0.322 e. The summed E-state index contributed by atoms with van der Waals surface area (Å²) in [5.41, 5.74) is 1.77. The number of urea groups is 1. The molecule has 1 atom stereocenters. The summed E-state index contributed by atoms with van der Waals surface area (Å²) in [6.45, 7) is 2.58. The third-order valence-electron chi connectivity index (χ3n) is 4.48. The predicted molar refractivity (Wildman–Crippen MR) is 116 cm³/mol. The standard InChI is InChI=1S/C22H23ClN2O2S/c1-16(14-21-4-3-13-28-21)25(15-17-5-11-20(27-2)12-6-17)22(26)24-19-9-7-18(23)8-10-19/h3-13,16H,14-15H2,1-2H3,(H,24,26). The maximum atomic E-state index is 13.1. The average molecular weight is 415 g/mol. The van der Waals surface area contributed by atoms with Gasteiger partial charge in [0.15, 0.2) is 0 Å². The van der Waals surface area contributed by atoms with E-state index in [1.807, 2.05) is 35.2 Å². The van der Waals surface area contributed by atoms with Crippen molar-refractivity contribution >= 4 is 34.7 Å². The number of amides is 2. The van der Waals surface area contributed by atoms with Crippen LogP contribution in [0.2, 0.25) is 5.02 Å². The van der Waals surface area contributed by atoms with Gasteiger partial charge < -0.3 is 15.0 Å². The van der Waals surface area contributed by atoms with Crippen molar-refractivity contribution in [2.75, 3.05) is 12.4 Å². The number of carbonyl (C=O) groups excluding carboxylic acids is 1. The minimum absolute atomic E-state index is 0.0352. The highest BCUT2D eigenvalue weighted by Crippen LogP contribution is 2.20. The molecule has 0 fully saturated rings. The van der Waals surface area contributed by atoms with Gasteiger partial charge in [-0.3, -0.25) is 0 Å². The molecule has 6 heteroatoms. The fraction of sp³-hybridized carbons (Fsp3) is 0.227. The lowest BCUT2D eigenvalue weighted by atomic mass is 10.1. The summed E-state index contributed by atoms with van der Waals surface area (Å²) >= 11 is 7.65. The second kappa shape index (κ2) is 9.62. The van der Waals surface area contributed by atoms with Gasteiger partial charge in [0, 0.05) is 34.6 Å². The molecule has 0 bridgehead atoms. The first kappa shape index (κ1) is 20.2. The van der Waals surface area contributed by atoms with E-state index in [-0.39, 0.29) is 12.1 Å². The van der Waals surface area contributed by atoms with Gasteiger partial charge in [-0.15, -0.1) is 11.3 Å². The Morgan fingerprint density at radius 2 is 1.86 bits per heavy atom. The number of nitrogens with zero attached hydrogens (tertiary/aromatic N) is 1. The third kappa shape index (κ3) is 5.50. The van der Waals surface area contributed by atoms with E-state index in [0.717, 1.165) is 23.4 Å². The number of benzene rings is 2. The first-order valence-corrected chi connectivity index (χ1v) is 10.3. The number of rotatable bonds is 7. The maximum Gasteiger partial charge on any atom is 0.322 e. The van der Waals surface area contributed by atoms with Crippen molar-refractivity contribution in [3.8, 4) is 5.75 Å². The number of ether oxygens (including phenoxy) is 1. The van der Waals surface area contributed by atoms with Gasteiger partial charge in [-0.05, 0) is 60.3 Å².